The third-order valence-corrected chi connectivity index (χ3v) is 7.35. The van der Waals surface area contributed by atoms with Crippen molar-refractivity contribution in [1.82, 2.24) is 9.80 Å². The van der Waals surface area contributed by atoms with Crippen molar-refractivity contribution in [3.8, 4) is 11.5 Å². The van der Waals surface area contributed by atoms with Gasteiger partial charge in [-0.3, -0.25) is 4.79 Å². The van der Waals surface area contributed by atoms with E-state index in [-0.39, 0.29) is 37.4 Å². The van der Waals surface area contributed by atoms with Crippen LogP contribution in [0.3, 0.4) is 0 Å². The summed E-state index contributed by atoms with van der Waals surface area (Å²) in [4.78, 5) is 42.3. The highest BCUT2D eigenvalue weighted by atomic mass is 16.5. The number of nitrogens with one attached hydrogen (secondary N) is 3. The number of fused-ring (bicyclic) bond motifs is 1. The number of hydrogen-bond donors (Lipinski definition) is 4. The quantitative estimate of drug-likeness (QED) is 0.302. The molecule has 0 radical (unpaired) electrons. The number of carbonyl (C=O) groups excluding carboxylic acids is 3. The predicted molar refractivity (Wildman–Crippen MR) is 166 cm³/mol. The molecular weight excluding hydrogens is 550 g/mol. The van der Waals surface area contributed by atoms with Gasteiger partial charge >= 0.3 is 12.1 Å². The summed E-state index contributed by atoms with van der Waals surface area (Å²) in [5.41, 5.74) is 2.33. The van der Waals surface area contributed by atoms with Crippen molar-refractivity contribution in [2.75, 3.05) is 49.8 Å². The maximum Gasteiger partial charge on any atom is 0.323 e. The number of rotatable bonds is 8. The van der Waals surface area contributed by atoms with Gasteiger partial charge in [0, 0.05) is 42.1 Å². The first-order valence-corrected chi connectivity index (χ1v) is 14.2. The molecule has 0 spiro atoms. The number of aliphatic hydroxyl groups is 1. The molecule has 228 valence electrons. The third-order valence-electron chi connectivity index (χ3n) is 7.35. The number of carbonyl (C=O) groups is 3. The van der Waals surface area contributed by atoms with Crippen LogP contribution in [0, 0.1) is 5.92 Å². The second-order valence-electron chi connectivity index (χ2n) is 10.7. The Morgan fingerprint density at radius 3 is 2.35 bits per heavy atom. The fourth-order valence-electron chi connectivity index (χ4n) is 4.79. The lowest BCUT2D eigenvalue weighted by molar-refractivity contribution is -0.134. The lowest BCUT2D eigenvalue weighted by Crippen LogP contribution is -2.48. The average molecular weight is 590 g/mol. The SMILES string of the molecule is COc1ccc(NC(=O)Nc2ccc3c(c2)CC(=O)N([C@@H](C)CO)C[C@H](C)[C@H](CN(C)C(=O)Nc2ccccc2)O3)cc1. The first-order valence-electron chi connectivity index (χ1n) is 14.2. The van der Waals surface area contributed by atoms with Crippen LogP contribution < -0.4 is 25.4 Å². The first-order chi connectivity index (χ1) is 20.7. The number of urea groups is 2. The second kappa shape index (κ2) is 14.4. The standard InChI is InChI=1S/C32H39N5O6/c1-21-18-37(22(2)20-38)30(39)17-23-16-26(34-31(40)33-25-10-13-27(42-4)14-11-25)12-15-28(23)43-29(21)19-36(3)32(41)35-24-8-6-5-7-9-24/h5-16,21-22,29,38H,17-20H2,1-4H3,(H,35,41)(H2,33,34,40)/t21-,22-,29-/m0/s1. The van der Waals surface area contributed by atoms with Gasteiger partial charge in [0.2, 0.25) is 5.91 Å². The summed E-state index contributed by atoms with van der Waals surface area (Å²) in [5, 5.41) is 18.3. The van der Waals surface area contributed by atoms with Gasteiger partial charge in [-0.05, 0) is 61.5 Å². The lowest BCUT2D eigenvalue weighted by atomic mass is 10.0. The molecular formula is C32H39N5O6. The van der Waals surface area contributed by atoms with Gasteiger partial charge in [-0.15, -0.1) is 0 Å². The minimum absolute atomic E-state index is 0.0130. The molecule has 0 aliphatic carbocycles. The molecule has 0 saturated heterocycles. The van der Waals surface area contributed by atoms with Crippen molar-refractivity contribution in [3.05, 3.63) is 78.4 Å². The number of para-hydroxylation sites is 1. The fourth-order valence-corrected chi connectivity index (χ4v) is 4.79. The summed E-state index contributed by atoms with van der Waals surface area (Å²) in [6.45, 7) is 4.15. The maximum absolute atomic E-state index is 13.5. The van der Waals surface area contributed by atoms with Crippen LogP contribution in [0.1, 0.15) is 19.4 Å². The van der Waals surface area contributed by atoms with Crippen molar-refractivity contribution in [3.63, 3.8) is 0 Å². The minimum Gasteiger partial charge on any atom is -0.497 e. The predicted octanol–water partition coefficient (Wildman–Crippen LogP) is 4.65. The topological polar surface area (TPSA) is 132 Å². The molecule has 0 fully saturated rings. The van der Waals surface area contributed by atoms with E-state index < -0.39 is 18.2 Å². The molecule has 1 aliphatic heterocycles. The summed E-state index contributed by atoms with van der Waals surface area (Å²) in [6.07, 6.45) is -0.458. The molecule has 1 aliphatic rings. The molecule has 4 N–H and O–H groups in total. The largest absolute Gasteiger partial charge is 0.497 e. The van der Waals surface area contributed by atoms with E-state index in [1.165, 1.54) is 0 Å². The Hall–Kier alpha value is -4.77. The molecule has 0 aromatic heterocycles. The number of benzene rings is 3. The van der Waals surface area contributed by atoms with Crippen molar-refractivity contribution in [2.45, 2.75) is 32.4 Å². The van der Waals surface area contributed by atoms with Crippen LogP contribution in [0.5, 0.6) is 11.5 Å². The zero-order chi connectivity index (χ0) is 30.9. The summed E-state index contributed by atoms with van der Waals surface area (Å²) >= 11 is 0. The third kappa shape index (κ3) is 8.39. The molecule has 0 saturated carbocycles. The molecule has 5 amide bonds. The fraction of sp³-hybridized carbons (Fsp3) is 0.344. The highest BCUT2D eigenvalue weighted by Crippen LogP contribution is 2.29. The molecule has 1 heterocycles. The van der Waals surface area contributed by atoms with Gasteiger partial charge < -0.3 is 40.3 Å². The number of ether oxygens (including phenoxy) is 2. The van der Waals surface area contributed by atoms with Gasteiger partial charge in [0.15, 0.2) is 0 Å². The lowest BCUT2D eigenvalue weighted by Gasteiger charge is -2.34. The van der Waals surface area contributed by atoms with E-state index in [0.29, 0.717) is 40.7 Å². The first kappa shape index (κ1) is 31.2. The summed E-state index contributed by atoms with van der Waals surface area (Å²) in [7, 11) is 3.26. The summed E-state index contributed by atoms with van der Waals surface area (Å²) in [5.74, 6) is 0.813. The normalized spacial score (nSPS) is 17.2. The Balaban J connectivity index is 1.54. The molecule has 0 bridgehead atoms. The molecule has 3 aromatic carbocycles. The van der Waals surface area contributed by atoms with E-state index in [1.807, 2.05) is 37.3 Å². The maximum atomic E-state index is 13.5. The Bertz CT molecular complexity index is 1400. The smallest absolute Gasteiger partial charge is 0.323 e. The van der Waals surface area contributed by atoms with E-state index in [4.69, 9.17) is 9.47 Å². The van der Waals surface area contributed by atoms with Crippen molar-refractivity contribution < 1.29 is 29.0 Å². The summed E-state index contributed by atoms with van der Waals surface area (Å²) in [6, 6.07) is 20.1. The summed E-state index contributed by atoms with van der Waals surface area (Å²) < 4.78 is 11.6. The molecule has 4 rings (SSSR count). The highest BCUT2D eigenvalue weighted by Gasteiger charge is 2.32. The van der Waals surface area contributed by atoms with Crippen molar-refractivity contribution in [1.29, 1.82) is 0 Å². The number of anilines is 3. The molecule has 11 nitrogen and oxygen atoms in total. The van der Waals surface area contributed by atoms with E-state index in [0.717, 1.165) is 0 Å². The van der Waals surface area contributed by atoms with Gasteiger partial charge in [0.25, 0.3) is 0 Å². The van der Waals surface area contributed by atoms with Crippen LogP contribution in [0.2, 0.25) is 0 Å². The monoisotopic (exact) mass is 589 g/mol. The molecule has 3 atom stereocenters. The number of methoxy groups -OCH3 is 1. The van der Waals surface area contributed by atoms with Crippen LogP contribution in [0.4, 0.5) is 26.7 Å². The highest BCUT2D eigenvalue weighted by molar-refractivity contribution is 6.00. The van der Waals surface area contributed by atoms with Crippen molar-refractivity contribution >= 4 is 35.0 Å². The molecule has 11 heteroatoms. The van der Waals surface area contributed by atoms with E-state index in [1.54, 1.807) is 73.3 Å². The Kier molecular flexibility index (Phi) is 10.4. The van der Waals surface area contributed by atoms with Crippen molar-refractivity contribution in [2.24, 2.45) is 5.92 Å². The van der Waals surface area contributed by atoms with Crippen LogP contribution in [0.25, 0.3) is 0 Å². The number of likely N-dealkylation sites (N-methyl/N-ethyl adjacent to an activating group) is 1. The van der Waals surface area contributed by atoms with Gasteiger partial charge in [-0.1, -0.05) is 25.1 Å². The van der Waals surface area contributed by atoms with Crippen LogP contribution in [0.15, 0.2) is 72.8 Å². The van der Waals surface area contributed by atoms with E-state index in [2.05, 4.69) is 16.0 Å². The molecule has 0 unspecified atom stereocenters. The number of aliphatic hydroxyl groups excluding tert-OH is 1. The zero-order valence-electron chi connectivity index (χ0n) is 24.9. The second-order valence-corrected chi connectivity index (χ2v) is 10.7. The average Bonchev–Trinajstić information content (AvgIpc) is 3.04. The van der Waals surface area contributed by atoms with Crippen LogP contribution in [-0.4, -0.2) is 78.9 Å². The van der Waals surface area contributed by atoms with E-state index in [9.17, 15) is 19.5 Å². The van der Waals surface area contributed by atoms with Crippen LogP contribution in [-0.2, 0) is 11.2 Å². The minimum atomic E-state index is -0.471. The number of nitrogens with zero attached hydrogens (tertiary/aromatic N) is 2. The Morgan fingerprint density at radius 2 is 1.67 bits per heavy atom. The van der Waals surface area contributed by atoms with Gasteiger partial charge in [-0.2, -0.15) is 0 Å². The van der Waals surface area contributed by atoms with Crippen LogP contribution >= 0.6 is 0 Å². The van der Waals surface area contributed by atoms with E-state index >= 15 is 0 Å². The molecule has 3 aromatic rings. The number of hydrogen-bond acceptors (Lipinski definition) is 6. The van der Waals surface area contributed by atoms with Gasteiger partial charge in [-0.25, -0.2) is 9.59 Å². The molecule has 43 heavy (non-hydrogen) atoms. The van der Waals surface area contributed by atoms with Gasteiger partial charge in [0.05, 0.1) is 32.7 Å². The Labute approximate surface area is 251 Å². The Morgan fingerprint density at radius 1 is 1.02 bits per heavy atom. The van der Waals surface area contributed by atoms with Gasteiger partial charge in [0.1, 0.15) is 17.6 Å². The zero-order valence-corrected chi connectivity index (χ0v) is 24.9. The number of amides is 5.